The Labute approximate surface area is 153 Å². The number of carbonyl (C=O) groups is 1. The summed E-state index contributed by atoms with van der Waals surface area (Å²) in [6, 6.07) is 17.2. The van der Waals surface area contributed by atoms with E-state index in [1.54, 1.807) is 49.4 Å². The van der Waals surface area contributed by atoms with E-state index in [0.717, 1.165) is 5.56 Å². The number of ether oxygens (including phenoxy) is 1. The van der Waals surface area contributed by atoms with Crippen molar-refractivity contribution in [3.05, 3.63) is 65.7 Å². The lowest BCUT2D eigenvalue weighted by Gasteiger charge is -2.09. The fourth-order valence-corrected chi connectivity index (χ4v) is 5.67. The van der Waals surface area contributed by atoms with Crippen LogP contribution in [0.4, 0.5) is 0 Å². The molecule has 0 N–H and O–H groups in total. The number of esters is 1. The standard InChI is InChI=1S/C20H19NO4S/c1-3-25-19(22)20(13-21)17(15-7-5-4-6-8-15)18(20)26(23,24)16-11-9-14(2)10-12-16/h4-12,17-18H,3H2,1-2H3/t17-,18+,20-/m1/s1. The van der Waals surface area contributed by atoms with Crippen molar-refractivity contribution in [1.29, 1.82) is 5.26 Å². The van der Waals surface area contributed by atoms with Gasteiger partial charge in [-0.1, -0.05) is 48.0 Å². The number of carbonyl (C=O) groups excluding carboxylic acids is 1. The van der Waals surface area contributed by atoms with E-state index in [9.17, 15) is 18.5 Å². The minimum Gasteiger partial charge on any atom is -0.465 e. The second-order valence-corrected chi connectivity index (χ2v) is 8.44. The second kappa shape index (κ2) is 6.58. The molecule has 26 heavy (non-hydrogen) atoms. The van der Waals surface area contributed by atoms with Gasteiger partial charge in [-0.15, -0.1) is 0 Å². The highest BCUT2D eigenvalue weighted by atomic mass is 32.2. The minimum absolute atomic E-state index is 0.0844. The van der Waals surface area contributed by atoms with Crippen LogP contribution in [-0.4, -0.2) is 26.2 Å². The molecule has 3 rings (SSSR count). The van der Waals surface area contributed by atoms with Gasteiger partial charge >= 0.3 is 5.97 Å². The molecule has 0 bridgehead atoms. The van der Waals surface area contributed by atoms with Crippen LogP contribution in [0.25, 0.3) is 0 Å². The van der Waals surface area contributed by atoms with Crippen molar-refractivity contribution in [3.63, 3.8) is 0 Å². The number of benzene rings is 2. The van der Waals surface area contributed by atoms with Gasteiger partial charge in [0.2, 0.25) is 0 Å². The summed E-state index contributed by atoms with van der Waals surface area (Å²) in [5.41, 5.74) is -0.153. The maximum atomic E-state index is 13.2. The predicted octanol–water partition coefficient (Wildman–Crippen LogP) is 3.01. The van der Waals surface area contributed by atoms with E-state index in [4.69, 9.17) is 4.74 Å². The summed E-state index contributed by atoms with van der Waals surface area (Å²) >= 11 is 0. The van der Waals surface area contributed by atoms with Crippen LogP contribution >= 0.6 is 0 Å². The smallest absolute Gasteiger partial charge is 0.328 e. The van der Waals surface area contributed by atoms with Crippen LogP contribution in [0.5, 0.6) is 0 Å². The highest BCUT2D eigenvalue weighted by Crippen LogP contribution is 2.64. The zero-order valence-electron chi connectivity index (χ0n) is 14.5. The number of hydrogen-bond donors (Lipinski definition) is 0. The monoisotopic (exact) mass is 369 g/mol. The van der Waals surface area contributed by atoms with Crippen LogP contribution < -0.4 is 0 Å². The van der Waals surface area contributed by atoms with Crippen LogP contribution in [-0.2, 0) is 19.4 Å². The van der Waals surface area contributed by atoms with Gasteiger partial charge < -0.3 is 4.74 Å². The summed E-state index contributed by atoms with van der Waals surface area (Å²) in [4.78, 5) is 12.7. The normalized spacial score (nSPS) is 24.5. The molecular weight excluding hydrogens is 350 g/mol. The Morgan fingerprint density at radius 3 is 2.31 bits per heavy atom. The van der Waals surface area contributed by atoms with Crippen molar-refractivity contribution < 1.29 is 17.9 Å². The molecule has 6 heteroatoms. The number of nitriles is 1. The molecule has 5 nitrogen and oxygen atoms in total. The third kappa shape index (κ3) is 2.69. The average Bonchev–Trinajstić information content (AvgIpc) is 3.35. The van der Waals surface area contributed by atoms with E-state index in [1.807, 2.05) is 13.0 Å². The molecule has 0 amide bonds. The first-order valence-corrected chi connectivity index (χ1v) is 9.88. The molecule has 0 aliphatic heterocycles. The summed E-state index contributed by atoms with van der Waals surface area (Å²) in [6.07, 6.45) is 0. The van der Waals surface area contributed by atoms with Gasteiger partial charge in [0.05, 0.1) is 17.6 Å². The second-order valence-electron chi connectivity index (χ2n) is 6.37. The van der Waals surface area contributed by atoms with E-state index in [0.29, 0.717) is 5.56 Å². The zero-order valence-corrected chi connectivity index (χ0v) is 15.4. The number of rotatable bonds is 5. The van der Waals surface area contributed by atoms with Crippen LogP contribution in [0.3, 0.4) is 0 Å². The molecule has 0 spiro atoms. The molecule has 0 aromatic heterocycles. The van der Waals surface area contributed by atoms with Crippen LogP contribution in [0.2, 0.25) is 0 Å². The summed E-state index contributed by atoms with van der Waals surface area (Å²) in [5.74, 6) is -1.53. The zero-order chi connectivity index (χ0) is 18.9. The minimum atomic E-state index is -3.89. The van der Waals surface area contributed by atoms with Crippen molar-refractivity contribution in [3.8, 4) is 6.07 Å². The van der Waals surface area contributed by atoms with Crippen molar-refractivity contribution in [2.24, 2.45) is 5.41 Å². The fraction of sp³-hybridized carbons (Fsp3) is 0.300. The van der Waals surface area contributed by atoms with Gasteiger partial charge in [-0.05, 0) is 31.5 Å². The first-order chi connectivity index (χ1) is 12.4. The highest BCUT2D eigenvalue weighted by Gasteiger charge is 2.77. The number of aryl methyl sites for hydroxylation is 1. The molecule has 2 aromatic rings. The van der Waals surface area contributed by atoms with Crippen molar-refractivity contribution >= 4 is 15.8 Å². The summed E-state index contributed by atoms with van der Waals surface area (Å²) < 4.78 is 31.5. The lowest BCUT2D eigenvalue weighted by Crippen LogP contribution is -2.25. The predicted molar refractivity (Wildman–Crippen MR) is 96.0 cm³/mol. The summed E-state index contributed by atoms with van der Waals surface area (Å²) in [7, 11) is -3.89. The first-order valence-electron chi connectivity index (χ1n) is 8.33. The molecule has 3 atom stereocenters. The largest absolute Gasteiger partial charge is 0.465 e. The number of hydrogen-bond acceptors (Lipinski definition) is 5. The Morgan fingerprint density at radius 1 is 1.15 bits per heavy atom. The van der Waals surface area contributed by atoms with E-state index in [1.165, 1.54) is 12.1 Å². The Morgan fingerprint density at radius 2 is 1.77 bits per heavy atom. The molecular formula is C20H19NO4S. The molecule has 1 fully saturated rings. The van der Waals surface area contributed by atoms with Gasteiger partial charge in [0, 0.05) is 5.92 Å². The molecule has 1 saturated carbocycles. The molecule has 0 saturated heterocycles. The quantitative estimate of drug-likeness (QED) is 0.757. The van der Waals surface area contributed by atoms with Gasteiger partial charge in [0.15, 0.2) is 15.3 Å². The summed E-state index contributed by atoms with van der Waals surface area (Å²) in [5, 5.41) is 8.63. The summed E-state index contributed by atoms with van der Waals surface area (Å²) in [6.45, 7) is 3.58. The molecule has 0 radical (unpaired) electrons. The van der Waals surface area contributed by atoms with Crippen LogP contribution in [0.15, 0.2) is 59.5 Å². The van der Waals surface area contributed by atoms with Gasteiger partial charge in [-0.2, -0.15) is 5.26 Å². The molecule has 1 aliphatic carbocycles. The fourth-order valence-electron chi connectivity index (χ4n) is 3.43. The van der Waals surface area contributed by atoms with Gasteiger partial charge in [0.25, 0.3) is 0 Å². The Bertz CT molecular complexity index is 961. The van der Waals surface area contributed by atoms with E-state index in [2.05, 4.69) is 0 Å². The van der Waals surface area contributed by atoms with Gasteiger partial charge in [0.1, 0.15) is 5.25 Å². The van der Waals surface area contributed by atoms with Gasteiger partial charge in [-0.3, -0.25) is 4.79 Å². The Kier molecular flexibility index (Phi) is 4.59. The topological polar surface area (TPSA) is 84.2 Å². The third-order valence-electron chi connectivity index (χ3n) is 4.77. The maximum Gasteiger partial charge on any atom is 0.328 e. The highest BCUT2D eigenvalue weighted by molar-refractivity contribution is 7.92. The van der Waals surface area contributed by atoms with Crippen molar-refractivity contribution in [2.75, 3.05) is 6.61 Å². The van der Waals surface area contributed by atoms with Gasteiger partial charge in [-0.25, -0.2) is 8.42 Å². The first kappa shape index (κ1) is 18.2. The maximum absolute atomic E-state index is 13.2. The molecule has 2 aromatic carbocycles. The lowest BCUT2D eigenvalue weighted by atomic mass is 10.0. The van der Waals surface area contributed by atoms with E-state index in [-0.39, 0.29) is 11.5 Å². The molecule has 0 heterocycles. The van der Waals surface area contributed by atoms with Crippen LogP contribution in [0.1, 0.15) is 24.0 Å². The van der Waals surface area contributed by atoms with E-state index < -0.39 is 32.4 Å². The number of nitrogens with zero attached hydrogens (tertiary/aromatic N) is 1. The lowest BCUT2D eigenvalue weighted by molar-refractivity contribution is -0.147. The van der Waals surface area contributed by atoms with Crippen LogP contribution in [0, 0.1) is 23.7 Å². The average molecular weight is 369 g/mol. The molecule has 0 unspecified atom stereocenters. The number of sulfone groups is 1. The molecule has 1 aliphatic rings. The Balaban J connectivity index is 2.12. The third-order valence-corrected chi connectivity index (χ3v) is 7.02. The molecule has 134 valence electrons. The Hall–Kier alpha value is -2.65. The van der Waals surface area contributed by atoms with E-state index >= 15 is 0 Å². The van der Waals surface area contributed by atoms with Crippen molar-refractivity contribution in [1.82, 2.24) is 0 Å². The SMILES string of the molecule is CCOC(=O)[C@]1(C#N)[C@H](c2ccccc2)[C@@H]1S(=O)(=O)c1ccc(C)cc1. The van der Waals surface area contributed by atoms with Crippen molar-refractivity contribution in [2.45, 2.75) is 29.9 Å².